The van der Waals surface area contributed by atoms with E-state index in [1.54, 1.807) is 12.1 Å². The second-order valence-corrected chi connectivity index (χ2v) is 5.42. The zero-order valence-corrected chi connectivity index (χ0v) is 12.8. The van der Waals surface area contributed by atoms with Crippen molar-refractivity contribution in [1.29, 1.82) is 0 Å². The second kappa shape index (κ2) is 7.74. The number of aliphatic hydroxyl groups is 1. The summed E-state index contributed by atoms with van der Waals surface area (Å²) in [7, 11) is 0. The van der Waals surface area contributed by atoms with Crippen molar-refractivity contribution in [3.63, 3.8) is 0 Å². The number of carbonyl (C=O) groups excluding carboxylic acids is 1. The van der Waals surface area contributed by atoms with Crippen LogP contribution in [0.5, 0.6) is 0 Å². The predicted molar refractivity (Wildman–Crippen MR) is 78.8 cm³/mol. The highest BCUT2D eigenvalue weighted by Crippen LogP contribution is 2.16. The second-order valence-electron chi connectivity index (χ2n) is 5.42. The number of carbonyl (C=O) groups is 1. The topological polar surface area (TPSA) is 101 Å². The molecule has 1 atom stereocenters. The van der Waals surface area contributed by atoms with E-state index in [2.05, 4.69) is 15.5 Å². The van der Waals surface area contributed by atoms with Gasteiger partial charge in [-0.25, -0.2) is 0 Å². The van der Waals surface area contributed by atoms with Crippen LogP contribution < -0.4 is 5.32 Å². The molecule has 0 spiro atoms. The molecule has 0 radical (unpaired) electrons. The Bertz CT molecular complexity index is 577. The van der Waals surface area contributed by atoms with Gasteiger partial charge in [-0.2, -0.15) is 4.98 Å². The molecule has 2 heterocycles. The number of aliphatic hydroxyl groups excluding tert-OH is 1. The first kappa shape index (κ1) is 16.2. The number of hydrogen-bond donors (Lipinski definition) is 2. The van der Waals surface area contributed by atoms with Crippen LogP contribution in [0.15, 0.2) is 27.3 Å². The molecule has 7 heteroatoms. The molecule has 120 valence electrons. The van der Waals surface area contributed by atoms with Crippen LogP contribution >= 0.6 is 0 Å². The number of nitrogens with one attached hydrogen (secondary N) is 1. The Balaban J connectivity index is 1.83. The molecule has 0 aromatic carbocycles. The molecule has 7 nitrogen and oxygen atoms in total. The van der Waals surface area contributed by atoms with E-state index in [0.29, 0.717) is 30.3 Å². The average Bonchev–Trinajstić information content (AvgIpc) is 3.15. The molecule has 1 amide bonds. The lowest BCUT2D eigenvalue weighted by Crippen LogP contribution is -2.39. The van der Waals surface area contributed by atoms with E-state index in [-0.39, 0.29) is 30.9 Å². The molecule has 0 aliphatic heterocycles. The van der Waals surface area contributed by atoms with Crippen LogP contribution in [0, 0.1) is 5.92 Å². The molecule has 0 saturated heterocycles. The maximum absolute atomic E-state index is 11.9. The first-order valence-electron chi connectivity index (χ1n) is 7.37. The first-order chi connectivity index (χ1) is 10.6. The standard InChI is InChI=1S/C15H21N3O4/c1-10(2)11(7-8-19)16-13(20)5-6-14-17-15(18-22-14)12-4-3-9-21-12/h3-4,9-11,19H,5-8H2,1-2H3,(H,16,20). The highest BCUT2D eigenvalue weighted by molar-refractivity contribution is 5.76. The zero-order valence-electron chi connectivity index (χ0n) is 12.8. The Morgan fingerprint density at radius 1 is 1.45 bits per heavy atom. The van der Waals surface area contributed by atoms with Crippen molar-refractivity contribution >= 4 is 5.91 Å². The fourth-order valence-electron chi connectivity index (χ4n) is 2.07. The van der Waals surface area contributed by atoms with Crippen LogP contribution in [-0.4, -0.2) is 33.8 Å². The van der Waals surface area contributed by atoms with Crippen LogP contribution in [0.2, 0.25) is 0 Å². The van der Waals surface area contributed by atoms with Crippen molar-refractivity contribution in [2.24, 2.45) is 5.92 Å². The van der Waals surface area contributed by atoms with Gasteiger partial charge in [0.25, 0.3) is 0 Å². The minimum atomic E-state index is -0.0927. The molecule has 0 aliphatic carbocycles. The van der Waals surface area contributed by atoms with Crippen molar-refractivity contribution in [2.75, 3.05) is 6.61 Å². The van der Waals surface area contributed by atoms with E-state index in [0.717, 1.165) is 0 Å². The molecule has 2 rings (SSSR count). The van der Waals surface area contributed by atoms with Gasteiger partial charge in [0.2, 0.25) is 17.6 Å². The smallest absolute Gasteiger partial charge is 0.238 e. The third kappa shape index (κ3) is 4.42. The maximum atomic E-state index is 11.9. The molecular formula is C15H21N3O4. The van der Waals surface area contributed by atoms with Crippen molar-refractivity contribution < 1.29 is 18.8 Å². The van der Waals surface area contributed by atoms with Gasteiger partial charge in [0.1, 0.15) is 0 Å². The molecule has 2 N–H and O–H groups in total. The van der Waals surface area contributed by atoms with Gasteiger partial charge >= 0.3 is 0 Å². The summed E-state index contributed by atoms with van der Waals surface area (Å²) in [6.07, 6.45) is 2.70. The van der Waals surface area contributed by atoms with Crippen molar-refractivity contribution in [1.82, 2.24) is 15.5 Å². The minimum Gasteiger partial charge on any atom is -0.461 e. The molecule has 0 saturated carbocycles. The van der Waals surface area contributed by atoms with E-state index in [4.69, 9.17) is 14.0 Å². The van der Waals surface area contributed by atoms with Gasteiger partial charge in [0.15, 0.2) is 5.76 Å². The summed E-state index contributed by atoms with van der Waals surface area (Å²) in [4.78, 5) is 16.1. The number of hydrogen-bond acceptors (Lipinski definition) is 6. The molecule has 0 bridgehead atoms. The van der Waals surface area contributed by atoms with E-state index < -0.39 is 0 Å². The van der Waals surface area contributed by atoms with Gasteiger partial charge in [0, 0.05) is 25.5 Å². The van der Waals surface area contributed by atoms with Crippen molar-refractivity contribution in [3.8, 4) is 11.6 Å². The van der Waals surface area contributed by atoms with Crippen molar-refractivity contribution in [2.45, 2.75) is 39.2 Å². The number of aromatic nitrogens is 2. The Morgan fingerprint density at radius 2 is 2.27 bits per heavy atom. The van der Waals surface area contributed by atoms with Gasteiger partial charge < -0.3 is 19.4 Å². The van der Waals surface area contributed by atoms with E-state index >= 15 is 0 Å². The van der Waals surface area contributed by atoms with Crippen LogP contribution in [0.25, 0.3) is 11.6 Å². The predicted octanol–water partition coefficient (Wildman–Crippen LogP) is 1.79. The summed E-state index contributed by atoms with van der Waals surface area (Å²) in [6.45, 7) is 4.07. The van der Waals surface area contributed by atoms with Crippen LogP contribution in [0.4, 0.5) is 0 Å². The summed E-state index contributed by atoms with van der Waals surface area (Å²) < 4.78 is 10.3. The molecule has 1 unspecified atom stereocenters. The van der Waals surface area contributed by atoms with Gasteiger partial charge in [-0.1, -0.05) is 19.0 Å². The van der Waals surface area contributed by atoms with Crippen LogP contribution in [0.1, 0.15) is 32.6 Å². The highest BCUT2D eigenvalue weighted by atomic mass is 16.5. The fourth-order valence-corrected chi connectivity index (χ4v) is 2.07. The number of nitrogens with zero attached hydrogens (tertiary/aromatic N) is 2. The Labute approximate surface area is 128 Å². The molecule has 0 aliphatic rings. The lowest BCUT2D eigenvalue weighted by molar-refractivity contribution is -0.122. The van der Waals surface area contributed by atoms with Crippen molar-refractivity contribution in [3.05, 3.63) is 24.3 Å². The highest BCUT2D eigenvalue weighted by Gasteiger charge is 2.17. The lowest BCUT2D eigenvalue weighted by Gasteiger charge is -2.21. The molecular weight excluding hydrogens is 286 g/mol. The monoisotopic (exact) mass is 307 g/mol. The summed E-state index contributed by atoms with van der Waals surface area (Å²) in [6, 6.07) is 3.45. The largest absolute Gasteiger partial charge is 0.461 e. The van der Waals surface area contributed by atoms with Gasteiger partial charge in [0.05, 0.1) is 6.26 Å². The van der Waals surface area contributed by atoms with Crippen LogP contribution in [0.3, 0.4) is 0 Å². The summed E-state index contributed by atoms with van der Waals surface area (Å²) >= 11 is 0. The number of amides is 1. The molecule has 22 heavy (non-hydrogen) atoms. The van der Waals surface area contributed by atoms with E-state index in [1.165, 1.54) is 6.26 Å². The normalized spacial score (nSPS) is 12.5. The first-order valence-corrected chi connectivity index (χ1v) is 7.37. The quantitative estimate of drug-likeness (QED) is 0.771. The lowest BCUT2D eigenvalue weighted by atomic mass is 10.0. The fraction of sp³-hybridized carbons (Fsp3) is 0.533. The molecule has 0 fully saturated rings. The zero-order chi connectivity index (χ0) is 15.9. The Kier molecular flexibility index (Phi) is 5.71. The minimum absolute atomic E-state index is 0.0288. The van der Waals surface area contributed by atoms with Gasteiger partial charge in [-0.15, -0.1) is 0 Å². The van der Waals surface area contributed by atoms with E-state index in [1.807, 2.05) is 13.8 Å². The average molecular weight is 307 g/mol. The van der Waals surface area contributed by atoms with Gasteiger partial charge in [-0.05, 0) is 24.5 Å². The molecule has 2 aromatic heterocycles. The summed E-state index contributed by atoms with van der Waals surface area (Å²) in [5.41, 5.74) is 0. The Morgan fingerprint density at radius 3 is 2.91 bits per heavy atom. The number of rotatable bonds is 8. The third-order valence-corrected chi connectivity index (χ3v) is 3.37. The SMILES string of the molecule is CC(C)C(CCO)NC(=O)CCc1nc(-c2ccco2)no1. The van der Waals surface area contributed by atoms with Crippen LogP contribution in [-0.2, 0) is 11.2 Å². The number of furan rings is 1. The number of aryl methyl sites for hydroxylation is 1. The van der Waals surface area contributed by atoms with E-state index in [9.17, 15) is 4.79 Å². The molecule has 2 aromatic rings. The Hall–Kier alpha value is -2.15. The summed E-state index contributed by atoms with van der Waals surface area (Å²) in [5, 5.41) is 15.7. The summed E-state index contributed by atoms with van der Waals surface area (Å²) in [5.74, 6) is 1.47. The third-order valence-electron chi connectivity index (χ3n) is 3.37. The maximum Gasteiger partial charge on any atom is 0.238 e. The van der Waals surface area contributed by atoms with Gasteiger partial charge in [-0.3, -0.25) is 4.79 Å².